The zero-order chi connectivity index (χ0) is 18.5. The minimum Gasteiger partial charge on any atom is -0.342 e. The Morgan fingerprint density at radius 1 is 1.31 bits per heavy atom. The predicted molar refractivity (Wildman–Crippen MR) is 102 cm³/mol. The number of nitro benzene ring substituents is 1. The number of non-ortho nitro benzene ring substituents is 1. The van der Waals surface area contributed by atoms with Crippen molar-refractivity contribution in [2.75, 3.05) is 12.0 Å². The molecular weight excluding hydrogens is 352 g/mol. The van der Waals surface area contributed by atoms with Gasteiger partial charge in [0, 0.05) is 17.7 Å². The number of aromatic nitrogens is 2. The van der Waals surface area contributed by atoms with Crippen molar-refractivity contribution in [3.63, 3.8) is 0 Å². The van der Waals surface area contributed by atoms with Gasteiger partial charge >= 0.3 is 0 Å². The summed E-state index contributed by atoms with van der Waals surface area (Å²) in [6.45, 7) is 0. The summed E-state index contributed by atoms with van der Waals surface area (Å²) < 4.78 is 0. The van der Waals surface area contributed by atoms with Crippen LogP contribution >= 0.6 is 11.8 Å². The highest BCUT2D eigenvalue weighted by molar-refractivity contribution is 7.98. The third-order valence-corrected chi connectivity index (χ3v) is 4.62. The lowest BCUT2D eigenvalue weighted by molar-refractivity contribution is -0.384. The van der Waals surface area contributed by atoms with E-state index in [0.717, 1.165) is 16.8 Å². The van der Waals surface area contributed by atoms with Gasteiger partial charge in [-0.1, -0.05) is 18.2 Å². The molecule has 26 heavy (non-hydrogen) atoms. The van der Waals surface area contributed by atoms with E-state index in [-0.39, 0.29) is 23.2 Å². The molecule has 3 aromatic rings. The van der Waals surface area contributed by atoms with E-state index in [9.17, 15) is 14.9 Å². The van der Waals surface area contributed by atoms with Crippen molar-refractivity contribution in [3.8, 4) is 0 Å². The summed E-state index contributed by atoms with van der Waals surface area (Å²) in [6, 6.07) is 13.1. The average Bonchev–Trinajstić information content (AvgIpc) is 3.09. The van der Waals surface area contributed by atoms with Gasteiger partial charge in [-0.3, -0.25) is 14.9 Å². The lowest BCUT2D eigenvalue weighted by Crippen LogP contribution is -2.29. The van der Waals surface area contributed by atoms with Crippen LogP contribution in [0.1, 0.15) is 28.6 Å². The third-order valence-electron chi connectivity index (χ3n) is 3.97. The van der Waals surface area contributed by atoms with E-state index in [4.69, 9.17) is 0 Å². The maximum atomic E-state index is 12.6. The Morgan fingerprint density at radius 3 is 2.85 bits per heavy atom. The van der Waals surface area contributed by atoms with Crippen molar-refractivity contribution in [1.82, 2.24) is 15.3 Å². The molecule has 0 radical (unpaired) electrons. The number of nitro groups is 1. The number of para-hydroxylation sites is 2. The van der Waals surface area contributed by atoms with Crippen LogP contribution in [0.5, 0.6) is 0 Å². The lowest BCUT2D eigenvalue weighted by Gasteiger charge is -2.16. The van der Waals surface area contributed by atoms with Crippen LogP contribution in [0.15, 0.2) is 48.5 Å². The average molecular weight is 370 g/mol. The number of carbonyl (C=O) groups is 1. The van der Waals surface area contributed by atoms with Gasteiger partial charge in [-0.25, -0.2) is 4.98 Å². The maximum absolute atomic E-state index is 12.6. The fraction of sp³-hybridized carbons (Fsp3) is 0.222. The smallest absolute Gasteiger partial charge is 0.270 e. The number of H-pyrrole nitrogens is 1. The lowest BCUT2D eigenvalue weighted by atomic mass is 10.1. The summed E-state index contributed by atoms with van der Waals surface area (Å²) in [7, 11) is 0. The van der Waals surface area contributed by atoms with Crippen LogP contribution in [-0.2, 0) is 0 Å². The van der Waals surface area contributed by atoms with Gasteiger partial charge in [0.2, 0.25) is 0 Å². The van der Waals surface area contributed by atoms with E-state index in [2.05, 4.69) is 15.3 Å². The van der Waals surface area contributed by atoms with Gasteiger partial charge < -0.3 is 10.3 Å². The van der Waals surface area contributed by atoms with Crippen LogP contribution in [0.2, 0.25) is 0 Å². The molecule has 0 unspecified atom stereocenters. The fourth-order valence-corrected chi connectivity index (χ4v) is 3.12. The minimum absolute atomic E-state index is 0.109. The van der Waals surface area contributed by atoms with Crippen LogP contribution in [0.4, 0.5) is 5.69 Å². The predicted octanol–water partition coefficient (Wildman–Crippen LogP) is 3.70. The molecule has 0 saturated carbocycles. The number of rotatable bonds is 7. The maximum Gasteiger partial charge on any atom is 0.270 e. The Hall–Kier alpha value is -2.87. The molecule has 0 saturated heterocycles. The van der Waals surface area contributed by atoms with Crippen molar-refractivity contribution < 1.29 is 9.72 Å². The molecule has 1 aromatic heterocycles. The topological polar surface area (TPSA) is 101 Å². The van der Waals surface area contributed by atoms with E-state index in [1.54, 1.807) is 17.8 Å². The van der Waals surface area contributed by atoms with Crippen LogP contribution in [-0.4, -0.2) is 32.8 Å². The van der Waals surface area contributed by atoms with Crippen LogP contribution in [0, 0.1) is 10.1 Å². The molecule has 0 fully saturated rings. The Morgan fingerprint density at radius 2 is 2.12 bits per heavy atom. The Balaban J connectivity index is 1.85. The number of imidazole rings is 1. The zero-order valence-electron chi connectivity index (χ0n) is 14.1. The number of nitrogens with one attached hydrogen (secondary N) is 2. The normalized spacial score (nSPS) is 12.0. The van der Waals surface area contributed by atoms with Crippen molar-refractivity contribution in [3.05, 3.63) is 70.0 Å². The van der Waals surface area contributed by atoms with E-state index >= 15 is 0 Å². The molecule has 2 aromatic carbocycles. The zero-order valence-corrected chi connectivity index (χ0v) is 15.0. The van der Waals surface area contributed by atoms with E-state index in [1.165, 1.54) is 18.2 Å². The molecule has 0 spiro atoms. The molecule has 1 heterocycles. The van der Waals surface area contributed by atoms with Crippen molar-refractivity contribution in [2.45, 2.75) is 12.5 Å². The number of nitrogens with zero attached hydrogens (tertiary/aromatic N) is 2. The third kappa shape index (κ3) is 4.02. The first kappa shape index (κ1) is 17.9. The number of amides is 1. The monoisotopic (exact) mass is 370 g/mol. The second-order valence-electron chi connectivity index (χ2n) is 5.75. The number of thioether (sulfide) groups is 1. The van der Waals surface area contributed by atoms with E-state index in [1.807, 2.05) is 30.5 Å². The first-order chi connectivity index (χ1) is 12.6. The summed E-state index contributed by atoms with van der Waals surface area (Å²) in [5.74, 6) is 1.16. The van der Waals surface area contributed by atoms with Gasteiger partial charge in [0.25, 0.3) is 11.6 Å². The Kier molecular flexibility index (Phi) is 5.52. The van der Waals surface area contributed by atoms with Crippen molar-refractivity contribution >= 4 is 34.4 Å². The van der Waals surface area contributed by atoms with Gasteiger partial charge in [0.1, 0.15) is 5.82 Å². The van der Waals surface area contributed by atoms with Crippen LogP contribution < -0.4 is 5.32 Å². The molecule has 8 heteroatoms. The van der Waals surface area contributed by atoms with Gasteiger partial charge in [0.05, 0.1) is 22.0 Å². The first-order valence-corrected chi connectivity index (χ1v) is 9.47. The second-order valence-corrected chi connectivity index (χ2v) is 6.74. The Labute approximate surface area is 154 Å². The standard InChI is InChI=1S/C18H18N4O3S/c1-26-10-9-16(17-19-14-7-2-3-8-15(14)20-17)21-18(23)12-5-4-6-13(11-12)22(24)25/h2-8,11,16H,9-10H2,1H3,(H,19,20)(H,21,23)/t16-/m1/s1. The number of benzene rings is 2. The van der Waals surface area contributed by atoms with Gasteiger partial charge in [0.15, 0.2) is 0 Å². The summed E-state index contributed by atoms with van der Waals surface area (Å²) in [4.78, 5) is 30.8. The largest absolute Gasteiger partial charge is 0.342 e. The van der Waals surface area contributed by atoms with Crippen molar-refractivity contribution in [2.24, 2.45) is 0 Å². The summed E-state index contributed by atoms with van der Waals surface area (Å²) in [5, 5.41) is 13.9. The van der Waals surface area contributed by atoms with Crippen LogP contribution in [0.3, 0.4) is 0 Å². The molecule has 0 aliphatic heterocycles. The van der Waals surface area contributed by atoms with Gasteiger partial charge in [-0.2, -0.15) is 11.8 Å². The number of fused-ring (bicyclic) bond motifs is 1. The van der Waals surface area contributed by atoms with Crippen molar-refractivity contribution in [1.29, 1.82) is 0 Å². The highest BCUT2D eigenvalue weighted by Crippen LogP contribution is 2.21. The molecule has 134 valence electrons. The molecule has 0 aliphatic carbocycles. The number of hydrogen-bond donors (Lipinski definition) is 2. The molecule has 0 aliphatic rings. The second kappa shape index (κ2) is 8.01. The molecule has 2 N–H and O–H groups in total. The SMILES string of the molecule is CSCC[C@@H](NC(=O)c1cccc([N+](=O)[O-])c1)c1nc2ccccc2[nH]1. The van der Waals surface area contributed by atoms with Gasteiger partial charge in [-0.15, -0.1) is 0 Å². The number of aromatic amines is 1. The molecule has 3 rings (SSSR count). The van der Waals surface area contributed by atoms with E-state index in [0.29, 0.717) is 12.2 Å². The Bertz CT molecular complexity index is 908. The molecule has 1 atom stereocenters. The van der Waals surface area contributed by atoms with E-state index < -0.39 is 4.92 Å². The summed E-state index contributed by atoms with van der Waals surface area (Å²) in [5.41, 5.74) is 1.88. The molecule has 1 amide bonds. The summed E-state index contributed by atoms with van der Waals surface area (Å²) in [6.07, 6.45) is 2.69. The molecule has 0 bridgehead atoms. The first-order valence-electron chi connectivity index (χ1n) is 8.07. The number of carbonyl (C=O) groups excluding carboxylic acids is 1. The quantitative estimate of drug-likeness (QED) is 0.488. The fourth-order valence-electron chi connectivity index (χ4n) is 2.65. The summed E-state index contributed by atoms with van der Waals surface area (Å²) >= 11 is 1.68. The molecular formula is C18H18N4O3S. The minimum atomic E-state index is -0.513. The highest BCUT2D eigenvalue weighted by Gasteiger charge is 2.20. The number of hydrogen-bond acceptors (Lipinski definition) is 5. The van der Waals surface area contributed by atoms with Gasteiger partial charge in [-0.05, 0) is 36.6 Å². The van der Waals surface area contributed by atoms with Crippen LogP contribution in [0.25, 0.3) is 11.0 Å². The molecule has 7 nitrogen and oxygen atoms in total. The highest BCUT2D eigenvalue weighted by atomic mass is 32.2.